The number of rotatable bonds is 6. The fraction of sp³-hybridized carbons (Fsp3) is 0.500. The minimum absolute atomic E-state index is 0. The first kappa shape index (κ1) is 34.0. The van der Waals surface area contributed by atoms with Crippen LogP contribution in [0.25, 0.3) is 0 Å². The minimum Gasteiger partial charge on any atom is -1.00 e. The van der Waals surface area contributed by atoms with E-state index in [2.05, 4.69) is 46.8 Å². The number of quaternary nitrogens is 1. The van der Waals surface area contributed by atoms with Crippen LogP contribution in [-0.4, -0.2) is 23.1 Å². The van der Waals surface area contributed by atoms with Crippen molar-refractivity contribution in [3.05, 3.63) is 105 Å². The predicted molar refractivity (Wildman–Crippen MR) is 157 cm³/mol. The number of halogens is 7. The van der Waals surface area contributed by atoms with Gasteiger partial charge in [0.25, 0.3) is 0 Å². The Balaban J connectivity index is 0.00000400. The molecule has 1 saturated carbocycles. The molecule has 6 atom stereocenters. The van der Waals surface area contributed by atoms with Crippen LogP contribution in [0, 0.1) is 38.5 Å². The van der Waals surface area contributed by atoms with E-state index in [1.165, 1.54) is 0 Å². The van der Waals surface area contributed by atoms with Gasteiger partial charge in [-0.15, -0.1) is 0 Å². The quantitative estimate of drug-likeness (QED) is 0.211. The molecule has 3 fully saturated rings. The maximum Gasteiger partial charge on any atom is 0.416 e. The molecule has 9 heteroatoms. The van der Waals surface area contributed by atoms with Crippen LogP contribution in [0.3, 0.4) is 0 Å². The van der Waals surface area contributed by atoms with Crippen LogP contribution in [0.2, 0.25) is 0 Å². The molecule has 0 bridgehead atoms. The number of benzene rings is 3. The SMILES string of the molecule is Cc1cc(C)c([C@@]2(OCc3ccccc3)C[N@+]3(Cc4cc(C(F)(F)F)cc(C(F)(F)F)c4)C[C@@H](C)[C@@H]4CC[C@H]2[C@@]43C)c(C)c1.[Br-]. The van der Waals surface area contributed by atoms with E-state index < -0.39 is 29.1 Å². The number of hydrogen-bond acceptors (Lipinski definition) is 1. The molecule has 0 aromatic heterocycles. The topological polar surface area (TPSA) is 9.23 Å². The summed E-state index contributed by atoms with van der Waals surface area (Å²) < 4.78 is 91.1. The molecule has 0 unspecified atom stereocenters. The van der Waals surface area contributed by atoms with E-state index >= 15 is 0 Å². The molecule has 2 saturated heterocycles. The third-order valence-corrected chi connectivity index (χ3v) is 11.2. The average molecular weight is 697 g/mol. The van der Waals surface area contributed by atoms with E-state index in [-0.39, 0.29) is 58.4 Å². The number of aryl methyl sites for hydroxylation is 3. The standard InChI is InChI=1S/C36H40F6NO.BrH/c1-22-13-23(2)32(24(3)14-22)34(44-20-26-9-7-6-8-10-26)21-43(18-25(4)30-11-12-31(34)33(30,43)5)19-27-15-28(35(37,38)39)17-29(16-27)36(40,41)42;/h6-10,13-17,25,30-31H,11-12,18-21H2,1-5H3;1H/q+1;/p-1/t25-,30+,31+,33-,34-,43-;/m1./s1. The summed E-state index contributed by atoms with van der Waals surface area (Å²) in [6.45, 7) is 12.3. The van der Waals surface area contributed by atoms with Crippen LogP contribution < -0.4 is 17.0 Å². The van der Waals surface area contributed by atoms with Crippen molar-refractivity contribution in [2.24, 2.45) is 17.8 Å². The fourth-order valence-electron chi connectivity index (χ4n) is 9.96. The number of ether oxygens (including phenoxy) is 1. The Morgan fingerprint density at radius 2 is 1.40 bits per heavy atom. The molecule has 0 N–H and O–H groups in total. The van der Waals surface area contributed by atoms with Crippen molar-refractivity contribution >= 4 is 0 Å². The van der Waals surface area contributed by atoms with Gasteiger partial charge in [-0.25, -0.2) is 0 Å². The summed E-state index contributed by atoms with van der Waals surface area (Å²) in [6.07, 6.45) is -7.93. The minimum atomic E-state index is -4.89. The molecule has 3 aromatic carbocycles. The zero-order valence-electron chi connectivity index (χ0n) is 26.2. The summed E-state index contributed by atoms with van der Waals surface area (Å²) in [6, 6.07) is 16.3. The van der Waals surface area contributed by atoms with Crippen molar-refractivity contribution in [2.45, 2.75) is 84.1 Å². The van der Waals surface area contributed by atoms with Crippen LogP contribution in [0.5, 0.6) is 0 Å². The molecule has 6 rings (SSSR count). The molecule has 0 spiro atoms. The van der Waals surface area contributed by atoms with Crippen molar-refractivity contribution in [3.63, 3.8) is 0 Å². The van der Waals surface area contributed by atoms with Gasteiger partial charge in [-0.2, -0.15) is 26.3 Å². The highest BCUT2D eigenvalue weighted by atomic mass is 79.9. The van der Waals surface area contributed by atoms with E-state index in [0.29, 0.717) is 24.2 Å². The number of alkyl halides is 6. The lowest BCUT2D eigenvalue weighted by molar-refractivity contribution is -0.968. The zero-order chi connectivity index (χ0) is 31.9. The van der Waals surface area contributed by atoms with Crippen molar-refractivity contribution in [3.8, 4) is 0 Å². The van der Waals surface area contributed by atoms with Gasteiger partial charge in [-0.3, -0.25) is 0 Å². The Morgan fingerprint density at radius 3 is 1.96 bits per heavy atom. The summed E-state index contributed by atoms with van der Waals surface area (Å²) in [5.74, 6) is 0.612. The second kappa shape index (κ2) is 11.4. The summed E-state index contributed by atoms with van der Waals surface area (Å²) >= 11 is 0. The first-order valence-corrected chi connectivity index (χ1v) is 15.4. The largest absolute Gasteiger partial charge is 1.00 e. The van der Waals surface area contributed by atoms with Crippen molar-refractivity contribution in [1.29, 1.82) is 0 Å². The lowest BCUT2D eigenvalue weighted by Crippen LogP contribution is -3.00. The average Bonchev–Trinajstić information content (AvgIpc) is 3.46. The highest BCUT2D eigenvalue weighted by molar-refractivity contribution is 5.44. The smallest absolute Gasteiger partial charge is 0.416 e. The van der Waals surface area contributed by atoms with Crippen LogP contribution in [0.15, 0.2) is 60.7 Å². The molecular formula is C36H40BrF6NO. The van der Waals surface area contributed by atoms with Gasteiger partial charge in [-0.05, 0) is 81.0 Å². The van der Waals surface area contributed by atoms with Crippen molar-refractivity contribution in [2.75, 3.05) is 13.1 Å². The first-order chi connectivity index (χ1) is 20.5. The van der Waals surface area contributed by atoms with Gasteiger partial charge >= 0.3 is 12.4 Å². The fourth-order valence-corrected chi connectivity index (χ4v) is 9.96. The normalized spacial score (nSPS) is 30.8. The number of nitrogens with zero attached hydrogens (tertiary/aromatic N) is 1. The van der Waals surface area contributed by atoms with E-state index in [0.717, 1.165) is 52.8 Å². The van der Waals surface area contributed by atoms with Gasteiger partial charge < -0.3 is 26.2 Å². The highest BCUT2D eigenvalue weighted by Gasteiger charge is 2.78. The Kier molecular flexibility index (Phi) is 8.62. The van der Waals surface area contributed by atoms with Crippen LogP contribution in [0.4, 0.5) is 26.3 Å². The maximum atomic E-state index is 13.9. The molecule has 1 aliphatic carbocycles. The van der Waals surface area contributed by atoms with E-state index in [1.807, 2.05) is 30.3 Å². The Morgan fingerprint density at radius 1 is 0.822 bits per heavy atom. The van der Waals surface area contributed by atoms with Gasteiger partial charge in [0.2, 0.25) is 0 Å². The van der Waals surface area contributed by atoms with Crippen LogP contribution in [-0.2, 0) is 35.8 Å². The zero-order valence-corrected chi connectivity index (χ0v) is 27.8. The molecule has 0 radical (unpaired) electrons. The maximum absolute atomic E-state index is 13.9. The third kappa shape index (κ3) is 5.44. The lowest BCUT2D eigenvalue weighted by atomic mass is 9.71. The van der Waals surface area contributed by atoms with Crippen LogP contribution >= 0.6 is 0 Å². The molecule has 45 heavy (non-hydrogen) atoms. The summed E-state index contributed by atoms with van der Waals surface area (Å²) in [5.41, 5.74) is 1.91. The van der Waals surface area contributed by atoms with Gasteiger partial charge in [0.05, 0.1) is 30.2 Å². The monoisotopic (exact) mass is 695 g/mol. The third-order valence-electron chi connectivity index (χ3n) is 11.2. The number of hydrogen-bond donors (Lipinski definition) is 0. The summed E-state index contributed by atoms with van der Waals surface area (Å²) in [4.78, 5) is 0. The molecular weight excluding hydrogens is 656 g/mol. The summed E-state index contributed by atoms with van der Waals surface area (Å²) in [5, 5.41) is 0. The van der Waals surface area contributed by atoms with E-state index in [9.17, 15) is 26.3 Å². The van der Waals surface area contributed by atoms with Gasteiger partial charge in [0.15, 0.2) is 5.60 Å². The Bertz CT molecular complexity index is 1520. The molecule has 2 heterocycles. The Labute approximate surface area is 272 Å². The lowest BCUT2D eigenvalue weighted by Gasteiger charge is -2.43. The Hall–Kier alpha value is -2.36. The van der Waals surface area contributed by atoms with Crippen LogP contribution in [0.1, 0.15) is 71.2 Å². The van der Waals surface area contributed by atoms with Crippen molar-refractivity contribution in [1.82, 2.24) is 0 Å². The van der Waals surface area contributed by atoms with E-state index in [4.69, 9.17) is 4.74 Å². The van der Waals surface area contributed by atoms with Gasteiger partial charge in [-0.1, -0.05) is 55.0 Å². The molecule has 2 aliphatic heterocycles. The second-order valence-corrected chi connectivity index (χ2v) is 13.9. The van der Waals surface area contributed by atoms with Gasteiger partial charge in [0.1, 0.15) is 18.6 Å². The molecule has 3 aromatic rings. The summed E-state index contributed by atoms with van der Waals surface area (Å²) in [7, 11) is 0. The van der Waals surface area contributed by atoms with E-state index in [1.54, 1.807) is 0 Å². The van der Waals surface area contributed by atoms with Crippen molar-refractivity contribution < 1.29 is 52.5 Å². The molecule has 0 amide bonds. The molecule has 244 valence electrons. The van der Waals surface area contributed by atoms with Gasteiger partial charge in [0, 0.05) is 17.4 Å². The highest BCUT2D eigenvalue weighted by Crippen LogP contribution is 2.68. The second-order valence-electron chi connectivity index (χ2n) is 13.9. The predicted octanol–water partition coefficient (Wildman–Crippen LogP) is 6.53. The molecule has 3 aliphatic rings. The molecule has 2 nitrogen and oxygen atoms in total. The first-order valence-electron chi connectivity index (χ1n) is 15.4.